The molecule has 3 nitrogen and oxygen atoms in total. The molecule has 0 heterocycles. The summed E-state index contributed by atoms with van der Waals surface area (Å²) in [7, 11) is 0. The van der Waals surface area contributed by atoms with E-state index in [-0.39, 0.29) is 5.91 Å². The summed E-state index contributed by atoms with van der Waals surface area (Å²) in [6.45, 7) is 7.25. The van der Waals surface area contributed by atoms with Crippen molar-refractivity contribution in [3.63, 3.8) is 0 Å². The van der Waals surface area contributed by atoms with E-state index >= 15 is 0 Å². The molecule has 0 spiro atoms. The average molecular weight is 288 g/mol. The van der Waals surface area contributed by atoms with Gasteiger partial charge in [0, 0.05) is 23.8 Å². The van der Waals surface area contributed by atoms with E-state index in [0.29, 0.717) is 12.0 Å². The zero-order chi connectivity index (χ0) is 15.2. The Labute approximate surface area is 128 Å². The minimum Gasteiger partial charge on any atom is -0.385 e. The Kier molecular flexibility index (Phi) is 5.66. The number of hydrogen-bond acceptors (Lipinski definition) is 2. The summed E-state index contributed by atoms with van der Waals surface area (Å²) >= 11 is 0. The molecule has 1 amide bonds. The second-order valence-electron chi connectivity index (χ2n) is 6.09. The predicted octanol–water partition coefficient (Wildman–Crippen LogP) is 4.13. The molecule has 0 aliphatic heterocycles. The molecule has 2 atom stereocenters. The van der Waals surface area contributed by atoms with Gasteiger partial charge >= 0.3 is 0 Å². The van der Waals surface area contributed by atoms with Gasteiger partial charge in [-0.25, -0.2) is 0 Å². The van der Waals surface area contributed by atoms with Crippen LogP contribution >= 0.6 is 0 Å². The summed E-state index contributed by atoms with van der Waals surface area (Å²) in [4.78, 5) is 12.5. The number of rotatable bonds is 5. The Morgan fingerprint density at radius 2 is 2.00 bits per heavy atom. The average Bonchev–Trinajstić information content (AvgIpc) is 2.50. The molecule has 116 valence electrons. The summed E-state index contributed by atoms with van der Waals surface area (Å²) in [5.41, 5.74) is 3.01. The minimum absolute atomic E-state index is 0.0755. The van der Waals surface area contributed by atoms with Crippen LogP contribution in [-0.4, -0.2) is 18.5 Å². The quantitative estimate of drug-likeness (QED) is 0.855. The molecule has 0 saturated heterocycles. The van der Waals surface area contributed by atoms with Crippen molar-refractivity contribution in [3.8, 4) is 0 Å². The van der Waals surface area contributed by atoms with Crippen molar-refractivity contribution in [2.75, 3.05) is 11.9 Å². The van der Waals surface area contributed by atoms with Crippen LogP contribution in [0.25, 0.3) is 0 Å². The van der Waals surface area contributed by atoms with Crippen molar-refractivity contribution in [2.24, 2.45) is 5.92 Å². The van der Waals surface area contributed by atoms with Crippen molar-refractivity contribution in [3.05, 3.63) is 29.3 Å². The van der Waals surface area contributed by atoms with Crippen LogP contribution in [0.3, 0.4) is 0 Å². The van der Waals surface area contributed by atoms with Crippen molar-refractivity contribution in [1.29, 1.82) is 0 Å². The molecule has 21 heavy (non-hydrogen) atoms. The molecule has 3 heteroatoms. The fraction of sp³-hybridized carbons (Fsp3) is 0.611. The number of aryl methyl sites for hydroxylation is 1. The lowest BCUT2D eigenvalue weighted by Gasteiger charge is -2.31. The number of anilines is 1. The molecule has 1 aliphatic rings. The highest BCUT2D eigenvalue weighted by Crippen LogP contribution is 2.27. The first-order valence-electron chi connectivity index (χ1n) is 8.31. The van der Waals surface area contributed by atoms with Crippen LogP contribution in [0, 0.1) is 12.8 Å². The Morgan fingerprint density at radius 3 is 2.67 bits per heavy atom. The Bertz CT molecular complexity index is 484. The summed E-state index contributed by atoms with van der Waals surface area (Å²) in [5, 5.41) is 6.56. The highest BCUT2D eigenvalue weighted by Gasteiger charge is 2.25. The summed E-state index contributed by atoms with van der Waals surface area (Å²) in [5.74, 6) is 0.719. The van der Waals surface area contributed by atoms with Crippen molar-refractivity contribution in [2.45, 2.75) is 58.9 Å². The fourth-order valence-corrected chi connectivity index (χ4v) is 3.33. The van der Waals surface area contributed by atoms with Gasteiger partial charge in [-0.15, -0.1) is 0 Å². The highest BCUT2D eigenvalue weighted by atomic mass is 16.1. The first-order chi connectivity index (χ1) is 10.2. The largest absolute Gasteiger partial charge is 0.385 e. The van der Waals surface area contributed by atoms with E-state index in [4.69, 9.17) is 0 Å². The van der Waals surface area contributed by atoms with Gasteiger partial charge in [0.1, 0.15) is 0 Å². The molecule has 2 rings (SSSR count). The lowest BCUT2D eigenvalue weighted by molar-refractivity contribution is 0.0904. The number of amides is 1. The van der Waals surface area contributed by atoms with E-state index in [1.807, 2.05) is 25.1 Å². The van der Waals surface area contributed by atoms with Crippen LogP contribution in [-0.2, 0) is 0 Å². The molecule has 1 aliphatic carbocycles. The Morgan fingerprint density at radius 1 is 1.24 bits per heavy atom. The second kappa shape index (κ2) is 7.48. The highest BCUT2D eigenvalue weighted by molar-refractivity contribution is 5.95. The Hall–Kier alpha value is -1.51. The third-order valence-electron chi connectivity index (χ3n) is 4.61. The molecule has 0 bridgehead atoms. The number of benzene rings is 1. The first kappa shape index (κ1) is 15.9. The SMILES string of the molecule is CCNc1ccc(C(=O)NC2CCCCC2CC)cc1C. The van der Waals surface area contributed by atoms with E-state index in [0.717, 1.165) is 36.2 Å². The number of carbonyl (C=O) groups excluding carboxylic acids is 1. The van der Waals surface area contributed by atoms with Crippen LogP contribution in [0.5, 0.6) is 0 Å². The van der Waals surface area contributed by atoms with Crippen molar-refractivity contribution < 1.29 is 4.79 Å². The van der Waals surface area contributed by atoms with Gasteiger partial charge in [-0.2, -0.15) is 0 Å². The van der Waals surface area contributed by atoms with Crippen LogP contribution < -0.4 is 10.6 Å². The maximum Gasteiger partial charge on any atom is 0.251 e. The van der Waals surface area contributed by atoms with Crippen LogP contribution in [0.1, 0.15) is 61.9 Å². The van der Waals surface area contributed by atoms with E-state index in [9.17, 15) is 4.79 Å². The normalized spacial score (nSPS) is 21.9. The van der Waals surface area contributed by atoms with E-state index in [1.54, 1.807) is 0 Å². The minimum atomic E-state index is 0.0755. The van der Waals surface area contributed by atoms with E-state index in [2.05, 4.69) is 24.5 Å². The zero-order valence-corrected chi connectivity index (χ0v) is 13.5. The van der Waals surface area contributed by atoms with Gasteiger partial charge in [-0.05, 0) is 56.4 Å². The van der Waals surface area contributed by atoms with Gasteiger partial charge in [0.2, 0.25) is 0 Å². The van der Waals surface area contributed by atoms with E-state index < -0.39 is 0 Å². The van der Waals surface area contributed by atoms with Crippen LogP contribution in [0.15, 0.2) is 18.2 Å². The smallest absolute Gasteiger partial charge is 0.251 e. The topological polar surface area (TPSA) is 41.1 Å². The van der Waals surface area contributed by atoms with Gasteiger partial charge in [0.05, 0.1) is 0 Å². The second-order valence-corrected chi connectivity index (χ2v) is 6.09. The summed E-state index contributed by atoms with van der Waals surface area (Å²) < 4.78 is 0. The molecule has 2 unspecified atom stereocenters. The molecule has 1 aromatic carbocycles. The fourth-order valence-electron chi connectivity index (χ4n) is 3.33. The third-order valence-corrected chi connectivity index (χ3v) is 4.61. The predicted molar refractivity (Wildman–Crippen MR) is 88.8 cm³/mol. The number of nitrogens with one attached hydrogen (secondary N) is 2. The molecule has 1 aromatic rings. The molecule has 0 aromatic heterocycles. The third kappa shape index (κ3) is 3.99. The number of hydrogen-bond donors (Lipinski definition) is 2. The lowest BCUT2D eigenvalue weighted by atomic mass is 9.83. The summed E-state index contributed by atoms with van der Waals surface area (Å²) in [6, 6.07) is 6.26. The lowest BCUT2D eigenvalue weighted by Crippen LogP contribution is -2.41. The van der Waals surface area contributed by atoms with Crippen LogP contribution in [0.2, 0.25) is 0 Å². The van der Waals surface area contributed by atoms with Gasteiger partial charge in [0.25, 0.3) is 5.91 Å². The molecule has 1 fully saturated rings. The Balaban J connectivity index is 2.04. The zero-order valence-electron chi connectivity index (χ0n) is 13.5. The summed E-state index contributed by atoms with van der Waals surface area (Å²) in [6.07, 6.45) is 6.07. The standard InChI is InChI=1S/C18H28N2O/c1-4-14-8-6-7-9-17(14)20-18(21)15-10-11-16(19-5-2)13(3)12-15/h10-12,14,17,19H,4-9H2,1-3H3,(H,20,21). The van der Waals surface area contributed by atoms with Crippen LogP contribution in [0.4, 0.5) is 5.69 Å². The molecule has 0 radical (unpaired) electrons. The van der Waals surface area contributed by atoms with Gasteiger partial charge in [-0.1, -0.05) is 26.2 Å². The van der Waals surface area contributed by atoms with Gasteiger partial charge in [0.15, 0.2) is 0 Å². The first-order valence-corrected chi connectivity index (χ1v) is 8.31. The monoisotopic (exact) mass is 288 g/mol. The molecular formula is C18H28N2O. The molecular weight excluding hydrogens is 260 g/mol. The van der Waals surface area contributed by atoms with E-state index in [1.165, 1.54) is 19.3 Å². The van der Waals surface area contributed by atoms with Gasteiger partial charge < -0.3 is 10.6 Å². The molecule has 2 N–H and O–H groups in total. The maximum atomic E-state index is 12.5. The van der Waals surface area contributed by atoms with Crippen molar-refractivity contribution >= 4 is 11.6 Å². The van der Waals surface area contributed by atoms with Gasteiger partial charge in [-0.3, -0.25) is 4.79 Å². The number of carbonyl (C=O) groups is 1. The maximum absolute atomic E-state index is 12.5. The van der Waals surface area contributed by atoms with Crippen molar-refractivity contribution in [1.82, 2.24) is 5.32 Å². The molecule has 1 saturated carbocycles.